The van der Waals surface area contributed by atoms with Crippen LogP contribution in [-0.4, -0.2) is 71.8 Å². The zero-order valence-corrected chi connectivity index (χ0v) is 11.5. The number of carboxylic acid groups (broad SMARTS) is 1. The summed E-state index contributed by atoms with van der Waals surface area (Å²) < 4.78 is 4.87. The Hall–Kier alpha value is -1.67. The molecule has 2 amide bonds. The minimum atomic E-state index is -1.37. The van der Waals surface area contributed by atoms with Gasteiger partial charge in [0.15, 0.2) is 6.04 Å². The molecule has 1 unspecified atom stereocenters. The molecule has 3 atom stereocenters. The van der Waals surface area contributed by atoms with E-state index in [4.69, 9.17) is 9.84 Å². The fourth-order valence-corrected chi connectivity index (χ4v) is 2.03. The molecule has 8 heteroatoms. The predicted octanol–water partition coefficient (Wildman–Crippen LogP) is -1.57. The van der Waals surface area contributed by atoms with Crippen LogP contribution in [0.4, 0.5) is 0 Å². The number of ether oxygens (including phenoxy) is 1. The average Bonchev–Trinajstić information content (AvgIpc) is 2.73. The van der Waals surface area contributed by atoms with E-state index in [0.29, 0.717) is 13.2 Å². The van der Waals surface area contributed by atoms with Crippen LogP contribution in [0.3, 0.4) is 0 Å². The molecule has 1 aliphatic heterocycles. The third-order valence-electron chi connectivity index (χ3n) is 3.20. The van der Waals surface area contributed by atoms with E-state index in [1.807, 2.05) is 0 Å². The number of aliphatic hydroxyl groups excluding tert-OH is 1. The van der Waals surface area contributed by atoms with Crippen LogP contribution in [0, 0.1) is 5.92 Å². The zero-order chi connectivity index (χ0) is 15.3. The number of amides is 2. The summed E-state index contributed by atoms with van der Waals surface area (Å²) in [5, 5.41) is 20.4. The van der Waals surface area contributed by atoms with E-state index in [0.717, 1.165) is 0 Å². The van der Waals surface area contributed by atoms with Gasteiger partial charge in [-0.15, -0.1) is 0 Å². The topological polar surface area (TPSA) is 116 Å². The van der Waals surface area contributed by atoms with Gasteiger partial charge in [-0.1, -0.05) is 0 Å². The molecule has 0 bridgehead atoms. The lowest BCUT2D eigenvalue weighted by atomic mass is 10.1. The third kappa shape index (κ3) is 4.17. The standard InChI is InChI=1S/C12H20N2O6/c1-7(15)10(12(18)19)13-11(17)8-5-9(16)14(6-8)3-4-20-2/h7-8,10,15H,3-6H2,1-2H3,(H,13,17)(H,18,19)/t7-,8?,10+/m1/s1. The van der Waals surface area contributed by atoms with Crippen LogP contribution >= 0.6 is 0 Å². The lowest BCUT2D eigenvalue weighted by molar-refractivity contribution is -0.145. The quantitative estimate of drug-likeness (QED) is 0.521. The molecule has 0 aromatic rings. The van der Waals surface area contributed by atoms with E-state index in [9.17, 15) is 19.5 Å². The van der Waals surface area contributed by atoms with Crippen molar-refractivity contribution in [2.24, 2.45) is 5.92 Å². The van der Waals surface area contributed by atoms with Crippen molar-refractivity contribution >= 4 is 17.8 Å². The van der Waals surface area contributed by atoms with Gasteiger partial charge in [0.05, 0.1) is 18.6 Å². The molecule has 0 aromatic heterocycles. The van der Waals surface area contributed by atoms with Gasteiger partial charge in [-0.05, 0) is 6.92 Å². The average molecular weight is 288 g/mol. The molecule has 0 radical (unpaired) electrons. The van der Waals surface area contributed by atoms with Crippen molar-refractivity contribution in [1.29, 1.82) is 0 Å². The van der Waals surface area contributed by atoms with Crippen LogP contribution in [-0.2, 0) is 19.1 Å². The van der Waals surface area contributed by atoms with Gasteiger partial charge in [-0.2, -0.15) is 0 Å². The molecular formula is C12H20N2O6. The van der Waals surface area contributed by atoms with Gasteiger partial charge < -0.3 is 25.2 Å². The summed E-state index contributed by atoms with van der Waals surface area (Å²) >= 11 is 0. The number of hydrogen-bond acceptors (Lipinski definition) is 5. The summed E-state index contributed by atoms with van der Waals surface area (Å²) in [4.78, 5) is 36.0. The molecule has 1 aliphatic rings. The first-order chi connectivity index (χ1) is 9.36. The molecule has 1 heterocycles. The van der Waals surface area contributed by atoms with Crippen LogP contribution < -0.4 is 5.32 Å². The molecule has 8 nitrogen and oxygen atoms in total. The van der Waals surface area contributed by atoms with Crippen molar-refractivity contribution in [1.82, 2.24) is 10.2 Å². The van der Waals surface area contributed by atoms with Crippen molar-refractivity contribution in [3.05, 3.63) is 0 Å². The van der Waals surface area contributed by atoms with Gasteiger partial charge in [-0.3, -0.25) is 9.59 Å². The number of carbonyl (C=O) groups excluding carboxylic acids is 2. The highest BCUT2D eigenvalue weighted by atomic mass is 16.5. The maximum Gasteiger partial charge on any atom is 0.328 e. The summed E-state index contributed by atoms with van der Waals surface area (Å²) in [5.74, 6) is -2.61. The van der Waals surface area contributed by atoms with Crippen LogP contribution in [0.5, 0.6) is 0 Å². The number of aliphatic hydroxyl groups is 1. The second-order valence-corrected chi connectivity index (χ2v) is 4.80. The molecule has 3 N–H and O–H groups in total. The number of carbonyl (C=O) groups is 3. The van der Waals surface area contributed by atoms with Crippen LogP contribution in [0.2, 0.25) is 0 Å². The molecular weight excluding hydrogens is 268 g/mol. The van der Waals surface area contributed by atoms with Crippen LogP contribution in [0.1, 0.15) is 13.3 Å². The van der Waals surface area contributed by atoms with Gasteiger partial charge in [0.1, 0.15) is 0 Å². The fourth-order valence-electron chi connectivity index (χ4n) is 2.03. The molecule has 0 aliphatic carbocycles. The number of aliphatic carboxylic acids is 1. The van der Waals surface area contributed by atoms with Gasteiger partial charge in [0, 0.05) is 26.6 Å². The Labute approximate surface area is 116 Å². The maximum atomic E-state index is 11.9. The normalized spacial score (nSPS) is 21.6. The van der Waals surface area contributed by atoms with Crippen LogP contribution in [0.15, 0.2) is 0 Å². The van der Waals surface area contributed by atoms with Crippen molar-refractivity contribution in [2.45, 2.75) is 25.5 Å². The smallest absolute Gasteiger partial charge is 0.328 e. The Bertz CT molecular complexity index is 384. The van der Waals surface area contributed by atoms with E-state index in [2.05, 4.69) is 5.32 Å². The Morgan fingerprint density at radius 1 is 1.55 bits per heavy atom. The maximum absolute atomic E-state index is 11.9. The lowest BCUT2D eigenvalue weighted by Gasteiger charge is -2.20. The number of hydrogen-bond donors (Lipinski definition) is 3. The van der Waals surface area contributed by atoms with Gasteiger partial charge >= 0.3 is 5.97 Å². The molecule has 1 saturated heterocycles. The predicted molar refractivity (Wildman–Crippen MR) is 67.8 cm³/mol. The number of nitrogens with zero attached hydrogens (tertiary/aromatic N) is 1. The van der Waals surface area contributed by atoms with E-state index >= 15 is 0 Å². The van der Waals surface area contributed by atoms with Gasteiger partial charge in [0.2, 0.25) is 11.8 Å². The van der Waals surface area contributed by atoms with Crippen molar-refractivity contribution in [2.75, 3.05) is 26.8 Å². The zero-order valence-electron chi connectivity index (χ0n) is 11.5. The Kier molecular flexibility index (Phi) is 5.90. The molecule has 1 fully saturated rings. The van der Waals surface area contributed by atoms with E-state index in [-0.39, 0.29) is 18.9 Å². The first-order valence-electron chi connectivity index (χ1n) is 6.34. The number of likely N-dealkylation sites (tertiary alicyclic amines) is 1. The first kappa shape index (κ1) is 16.4. The van der Waals surface area contributed by atoms with Gasteiger partial charge in [-0.25, -0.2) is 4.79 Å². The molecule has 0 saturated carbocycles. The summed E-state index contributed by atoms with van der Waals surface area (Å²) in [6.07, 6.45) is -1.17. The van der Waals surface area contributed by atoms with Crippen molar-refractivity contribution < 1.29 is 29.3 Å². The minimum absolute atomic E-state index is 0.0433. The Morgan fingerprint density at radius 2 is 2.20 bits per heavy atom. The second-order valence-electron chi connectivity index (χ2n) is 4.80. The highest BCUT2D eigenvalue weighted by molar-refractivity contribution is 5.91. The van der Waals surface area contributed by atoms with Gasteiger partial charge in [0.25, 0.3) is 0 Å². The molecule has 20 heavy (non-hydrogen) atoms. The molecule has 0 aromatic carbocycles. The minimum Gasteiger partial charge on any atom is -0.480 e. The molecule has 114 valence electrons. The summed E-state index contributed by atoms with van der Waals surface area (Å²) in [6, 6.07) is -1.37. The number of carboxylic acids is 1. The summed E-state index contributed by atoms with van der Waals surface area (Å²) in [6.45, 7) is 2.30. The second kappa shape index (κ2) is 7.20. The molecule has 0 spiro atoms. The Morgan fingerprint density at radius 3 is 2.70 bits per heavy atom. The lowest BCUT2D eigenvalue weighted by Crippen LogP contribution is -2.49. The summed E-state index contributed by atoms with van der Waals surface area (Å²) in [7, 11) is 1.52. The van der Waals surface area contributed by atoms with Crippen molar-refractivity contribution in [3.8, 4) is 0 Å². The van der Waals surface area contributed by atoms with E-state index in [1.54, 1.807) is 0 Å². The monoisotopic (exact) mass is 288 g/mol. The number of nitrogens with one attached hydrogen (secondary N) is 1. The van der Waals surface area contributed by atoms with Crippen LogP contribution in [0.25, 0.3) is 0 Å². The third-order valence-corrected chi connectivity index (χ3v) is 3.20. The highest BCUT2D eigenvalue weighted by Gasteiger charge is 2.36. The number of methoxy groups -OCH3 is 1. The van der Waals surface area contributed by atoms with E-state index < -0.39 is 29.9 Å². The SMILES string of the molecule is COCCN1CC(C(=O)N[C@H](C(=O)O)[C@@H](C)O)CC1=O. The first-order valence-corrected chi connectivity index (χ1v) is 6.34. The molecule has 1 rings (SSSR count). The Balaban J connectivity index is 2.56. The highest BCUT2D eigenvalue weighted by Crippen LogP contribution is 2.18. The number of rotatable bonds is 7. The largest absolute Gasteiger partial charge is 0.480 e. The van der Waals surface area contributed by atoms with Crippen molar-refractivity contribution in [3.63, 3.8) is 0 Å². The summed E-state index contributed by atoms with van der Waals surface area (Å²) in [5.41, 5.74) is 0. The fraction of sp³-hybridized carbons (Fsp3) is 0.750. The van der Waals surface area contributed by atoms with E-state index in [1.165, 1.54) is 18.9 Å².